The Hall–Kier alpha value is -2.48. The molecule has 0 radical (unpaired) electrons. The molecule has 2 rings (SSSR count). The van der Waals surface area contributed by atoms with Gasteiger partial charge in [0.15, 0.2) is 0 Å². The smallest absolute Gasteiger partial charge is 0.273 e. The molecule has 110 valence electrons. The van der Waals surface area contributed by atoms with E-state index in [1.807, 2.05) is 4.72 Å². The van der Waals surface area contributed by atoms with Gasteiger partial charge in [0.2, 0.25) is 0 Å². The van der Waals surface area contributed by atoms with Crippen LogP contribution < -0.4 is 4.72 Å². The molecule has 0 bridgehead atoms. The molecule has 0 aliphatic carbocycles. The Morgan fingerprint density at radius 2 is 1.86 bits per heavy atom. The van der Waals surface area contributed by atoms with E-state index in [9.17, 15) is 22.9 Å². The molecule has 2 aromatic carbocycles. The fraction of sp³-hybridized carbons (Fsp3) is 0.0769. The van der Waals surface area contributed by atoms with E-state index in [0.29, 0.717) is 5.56 Å². The van der Waals surface area contributed by atoms with Crippen molar-refractivity contribution in [1.82, 2.24) is 0 Å². The summed E-state index contributed by atoms with van der Waals surface area (Å²) >= 11 is 0. The van der Waals surface area contributed by atoms with Crippen LogP contribution in [0.3, 0.4) is 0 Å². The molecular weight excluding hydrogens is 299 g/mol. The van der Waals surface area contributed by atoms with Crippen LogP contribution in [-0.2, 0) is 10.0 Å². The highest BCUT2D eigenvalue weighted by atomic mass is 32.2. The molecule has 0 aliphatic heterocycles. The van der Waals surface area contributed by atoms with Crippen molar-refractivity contribution in [3.8, 4) is 0 Å². The molecule has 1 N–H and O–H groups in total. The first-order valence-corrected chi connectivity index (χ1v) is 7.32. The van der Waals surface area contributed by atoms with Crippen molar-refractivity contribution in [3.05, 3.63) is 64.0 Å². The van der Waals surface area contributed by atoms with Gasteiger partial charge in [-0.15, -0.1) is 0 Å². The van der Waals surface area contributed by atoms with Gasteiger partial charge in [0.05, 0.1) is 4.92 Å². The second kappa shape index (κ2) is 5.49. The molecule has 0 spiro atoms. The summed E-state index contributed by atoms with van der Waals surface area (Å²) in [4.78, 5) is 9.69. The number of nitro groups is 1. The highest BCUT2D eigenvalue weighted by Gasteiger charge is 2.23. The lowest BCUT2D eigenvalue weighted by Crippen LogP contribution is -2.15. The summed E-state index contributed by atoms with van der Waals surface area (Å²) in [5.41, 5.74) is -0.000642. The van der Waals surface area contributed by atoms with Gasteiger partial charge >= 0.3 is 0 Å². The van der Waals surface area contributed by atoms with Crippen LogP contribution in [0, 0.1) is 22.9 Å². The summed E-state index contributed by atoms with van der Waals surface area (Å²) in [6, 6.07) is 8.82. The quantitative estimate of drug-likeness (QED) is 0.694. The third kappa shape index (κ3) is 3.16. The van der Waals surface area contributed by atoms with Gasteiger partial charge in [0.1, 0.15) is 16.4 Å². The molecular formula is C13H11FN2O4S. The van der Waals surface area contributed by atoms with Gasteiger partial charge < -0.3 is 0 Å². The van der Waals surface area contributed by atoms with Crippen molar-refractivity contribution in [2.24, 2.45) is 0 Å². The first-order chi connectivity index (χ1) is 9.81. The average molecular weight is 310 g/mol. The minimum absolute atomic E-state index is 0.214. The van der Waals surface area contributed by atoms with Crippen LogP contribution in [0.1, 0.15) is 5.56 Å². The Balaban J connectivity index is 2.47. The van der Waals surface area contributed by atoms with Crippen LogP contribution >= 0.6 is 0 Å². The fourth-order valence-electron chi connectivity index (χ4n) is 1.74. The average Bonchev–Trinajstić information content (AvgIpc) is 2.40. The van der Waals surface area contributed by atoms with Crippen LogP contribution in [0.15, 0.2) is 47.4 Å². The van der Waals surface area contributed by atoms with Crippen molar-refractivity contribution in [1.29, 1.82) is 0 Å². The van der Waals surface area contributed by atoms with Crippen molar-refractivity contribution in [2.45, 2.75) is 11.8 Å². The first-order valence-electron chi connectivity index (χ1n) is 5.83. The predicted octanol–water partition coefficient (Wildman–Crippen LogP) is 2.84. The molecule has 0 heterocycles. The third-order valence-electron chi connectivity index (χ3n) is 2.72. The number of aryl methyl sites for hydroxylation is 1. The van der Waals surface area contributed by atoms with E-state index in [1.54, 1.807) is 6.92 Å². The molecule has 0 amide bonds. The SMILES string of the molecule is Cc1ccc(NS(=O)(=O)c2ccccc2F)c([N+](=O)[O-])c1. The number of nitrogens with zero attached hydrogens (tertiary/aromatic N) is 1. The second-order valence-electron chi connectivity index (χ2n) is 4.31. The Morgan fingerprint density at radius 3 is 2.48 bits per heavy atom. The lowest BCUT2D eigenvalue weighted by Gasteiger charge is -2.09. The molecule has 6 nitrogen and oxygen atoms in total. The topological polar surface area (TPSA) is 89.3 Å². The third-order valence-corrected chi connectivity index (χ3v) is 4.12. The zero-order valence-electron chi connectivity index (χ0n) is 10.9. The Labute approximate surface area is 120 Å². The number of hydrogen-bond donors (Lipinski definition) is 1. The van der Waals surface area contributed by atoms with Gasteiger partial charge in [-0.2, -0.15) is 0 Å². The van der Waals surface area contributed by atoms with Gasteiger partial charge in [-0.1, -0.05) is 18.2 Å². The maximum absolute atomic E-state index is 13.6. The predicted molar refractivity (Wildman–Crippen MR) is 75.0 cm³/mol. The number of anilines is 1. The Morgan fingerprint density at radius 1 is 1.19 bits per heavy atom. The van der Waals surface area contributed by atoms with Crippen LogP contribution in [0.4, 0.5) is 15.8 Å². The summed E-state index contributed by atoms with van der Waals surface area (Å²) in [5.74, 6) is -0.931. The second-order valence-corrected chi connectivity index (χ2v) is 5.96. The molecule has 0 saturated carbocycles. The van der Waals surface area contributed by atoms with Gasteiger partial charge in [-0.3, -0.25) is 14.8 Å². The Bertz CT molecular complexity index is 806. The summed E-state index contributed by atoms with van der Waals surface area (Å²) in [6.07, 6.45) is 0. The number of nitro benzene ring substituents is 1. The molecule has 21 heavy (non-hydrogen) atoms. The van der Waals surface area contributed by atoms with E-state index in [2.05, 4.69) is 0 Å². The highest BCUT2D eigenvalue weighted by Crippen LogP contribution is 2.28. The molecule has 0 atom stereocenters. The highest BCUT2D eigenvalue weighted by molar-refractivity contribution is 7.92. The molecule has 0 fully saturated rings. The first kappa shape index (κ1) is 14.9. The number of benzene rings is 2. The Kier molecular flexibility index (Phi) is 3.90. The van der Waals surface area contributed by atoms with Crippen LogP contribution in [0.5, 0.6) is 0 Å². The van der Waals surface area contributed by atoms with Crippen molar-refractivity contribution in [2.75, 3.05) is 4.72 Å². The van der Waals surface area contributed by atoms with Crippen molar-refractivity contribution < 1.29 is 17.7 Å². The van der Waals surface area contributed by atoms with Gasteiger partial charge in [-0.05, 0) is 30.7 Å². The van der Waals surface area contributed by atoms with E-state index < -0.39 is 31.3 Å². The summed E-state index contributed by atoms with van der Waals surface area (Å²) in [7, 11) is -4.24. The molecule has 0 aromatic heterocycles. The molecule has 0 unspecified atom stereocenters. The summed E-state index contributed by atoms with van der Waals surface area (Å²) in [6.45, 7) is 1.64. The number of rotatable bonds is 4. The number of sulfonamides is 1. The normalized spacial score (nSPS) is 11.1. The zero-order valence-corrected chi connectivity index (χ0v) is 11.7. The number of halogens is 1. The van der Waals surface area contributed by atoms with E-state index >= 15 is 0 Å². The van der Waals surface area contributed by atoms with E-state index in [1.165, 1.54) is 30.3 Å². The van der Waals surface area contributed by atoms with Crippen molar-refractivity contribution >= 4 is 21.4 Å². The van der Waals surface area contributed by atoms with E-state index in [0.717, 1.165) is 12.1 Å². The zero-order chi connectivity index (χ0) is 15.6. The lowest BCUT2D eigenvalue weighted by atomic mass is 10.2. The number of hydrogen-bond acceptors (Lipinski definition) is 4. The minimum Gasteiger partial charge on any atom is -0.273 e. The molecule has 2 aromatic rings. The van der Waals surface area contributed by atoms with Crippen LogP contribution in [0.25, 0.3) is 0 Å². The molecule has 0 aliphatic rings. The summed E-state index contributed by atoms with van der Waals surface area (Å²) in [5, 5.41) is 11.0. The largest absolute Gasteiger partial charge is 0.293 e. The van der Waals surface area contributed by atoms with E-state index in [4.69, 9.17) is 0 Å². The number of nitrogens with one attached hydrogen (secondary N) is 1. The molecule has 8 heteroatoms. The van der Waals surface area contributed by atoms with Gasteiger partial charge in [0, 0.05) is 6.07 Å². The van der Waals surface area contributed by atoms with Gasteiger partial charge in [-0.25, -0.2) is 12.8 Å². The lowest BCUT2D eigenvalue weighted by molar-refractivity contribution is -0.383. The standard InChI is InChI=1S/C13H11FN2O4S/c1-9-6-7-11(12(8-9)16(17)18)15-21(19,20)13-5-3-2-4-10(13)14/h2-8,15H,1H3. The van der Waals surface area contributed by atoms with Crippen LogP contribution in [-0.4, -0.2) is 13.3 Å². The monoisotopic (exact) mass is 310 g/mol. The fourth-order valence-corrected chi connectivity index (χ4v) is 2.90. The van der Waals surface area contributed by atoms with Gasteiger partial charge in [0.25, 0.3) is 15.7 Å². The molecule has 0 saturated heterocycles. The summed E-state index contributed by atoms with van der Waals surface area (Å²) < 4.78 is 39.8. The maximum Gasteiger partial charge on any atom is 0.293 e. The minimum atomic E-state index is -4.24. The van der Waals surface area contributed by atoms with Crippen molar-refractivity contribution in [3.63, 3.8) is 0 Å². The van der Waals surface area contributed by atoms with E-state index in [-0.39, 0.29) is 5.69 Å². The van der Waals surface area contributed by atoms with Crippen LogP contribution in [0.2, 0.25) is 0 Å². The maximum atomic E-state index is 13.6.